The molecule has 16 heavy (non-hydrogen) atoms. The number of phenolic OH excluding ortho intramolecular Hbond substituents is 1. The van der Waals surface area contributed by atoms with E-state index in [1.54, 1.807) is 0 Å². The van der Waals surface area contributed by atoms with Gasteiger partial charge >= 0.3 is 0 Å². The highest BCUT2D eigenvalue weighted by atomic mass is 127. The molecular weight excluding hydrogens is 432 g/mol. The fourth-order valence-electron chi connectivity index (χ4n) is 1.52. The average molecular weight is 447 g/mol. The van der Waals surface area contributed by atoms with Crippen molar-refractivity contribution in [1.82, 2.24) is 0 Å². The number of benzene rings is 1. The Morgan fingerprint density at radius 3 is 2.56 bits per heavy atom. The largest absolute Gasteiger partial charge is 0.506 e. The van der Waals surface area contributed by atoms with Gasteiger partial charge in [-0.2, -0.15) is 0 Å². The summed E-state index contributed by atoms with van der Waals surface area (Å²) >= 11 is 4.23. The van der Waals surface area contributed by atoms with Crippen molar-refractivity contribution in [2.45, 2.75) is 31.9 Å². The summed E-state index contributed by atoms with van der Waals surface area (Å²) in [6.07, 6.45) is 0.907. The van der Waals surface area contributed by atoms with Gasteiger partial charge in [0.2, 0.25) is 0 Å². The fraction of sp³-hybridized carbons (Fsp3) is 0.455. The number of phenols is 1. The van der Waals surface area contributed by atoms with E-state index in [2.05, 4.69) is 45.2 Å². The molecule has 90 valence electrons. The Labute approximate surface area is 123 Å². The maximum Gasteiger partial charge on any atom is 0.133 e. The second-order valence-electron chi connectivity index (χ2n) is 3.71. The molecule has 0 aliphatic rings. The topological polar surface area (TPSA) is 66.5 Å². The smallest absolute Gasteiger partial charge is 0.133 e. The lowest BCUT2D eigenvalue weighted by Gasteiger charge is -2.20. The third kappa shape index (κ3) is 3.44. The maximum absolute atomic E-state index is 9.91. The van der Waals surface area contributed by atoms with Crippen LogP contribution >= 0.6 is 45.2 Å². The normalized spacial score (nSPS) is 14.8. The third-order valence-corrected chi connectivity index (χ3v) is 3.86. The molecule has 0 spiro atoms. The fourth-order valence-corrected chi connectivity index (χ4v) is 3.41. The molecule has 1 aromatic carbocycles. The number of aromatic hydroxyl groups is 1. The summed E-state index contributed by atoms with van der Waals surface area (Å²) in [5, 5.41) is 19.7. The van der Waals surface area contributed by atoms with Crippen molar-refractivity contribution in [3.8, 4) is 5.75 Å². The molecule has 3 nitrogen and oxygen atoms in total. The van der Waals surface area contributed by atoms with E-state index in [1.165, 1.54) is 0 Å². The van der Waals surface area contributed by atoms with Gasteiger partial charge in [0.05, 0.1) is 15.7 Å². The highest BCUT2D eigenvalue weighted by molar-refractivity contribution is 14.1. The van der Waals surface area contributed by atoms with Crippen molar-refractivity contribution in [2.75, 3.05) is 0 Å². The summed E-state index contributed by atoms with van der Waals surface area (Å²) in [6.45, 7) is 1.99. The molecule has 0 heterocycles. The average Bonchev–Trinajstić information content (AvgIpc) is 2.22. The van der Waals surface area contributed by atoms with Crippen LogP contribution in [0.25, 0.3) is 0 Å². The van der Waals surface area contributed by atoms with Crippen LogP contribution in [0.3, 0.4) is 0 Å². The van der Waals surface area contributed by atoms with Gasteiger partial charge < -0.3 is 15.9 Å². The molecule has 0 amide bonds. The molecule has 0 unspecified atom stereocenters. The zero-order chi connectivity index (χ0) is 12.3. The third-order valence-electron chi connectivity index (χ3n) is 2.42. The van der Waals surface area contributed by atoms with E-state index in [-0.39, 0.29) is 5.75 Å². The van der Waals surface area contributed by atoms with Gasteiger partial charge in [-0.25, -0.2) is 0 Å². The molecule has 2 atom stereocenters. The van der Waals surface area contributed by atoms with Crippen molar-refractivity contribution in [1.29, 1.82) is 0 Å². The molecule has 0 fully saturated rings. The summed E-state index contributed by atoms with van der Waals surface area (Å²) in [5.41, 5.74) is 6.57. The van der Waals surface area contributed by atoms with Crippen LogP contribution < -0.4 is 5.73 Å². The Kier molecular flexibility index (Phi) is 5.75. The number of rotatable bonds is 4. The lowest BCUT2D eigenvalue weighted by Crippen LogP contribution is -2.26. The van der Waals surface area contributed by atoms with Crippen LogP contribution in [-0.2, 0) is 0 Å². The summed E-state index contributed by atoms with van der Waals surface area (Å²) in [7, 11) is 0. The molecule has 0 saturated heterocycles. The van der Waals surface area contributed by atoms with Crippen molar-refractivity contribution >= 4 is 45.2 Å². The van der Waals surface area contributed by atoms with Gasteiger partial charge in [-0.3, -0.25) is 0 Å². The molecule has 5 heteroatoms. The quantitative estimate of drug-likeness (QED) is 0.623. The van der Waals surface area contributed by atoms with Crippen LogP contribution in [0.15, 0.2) is 12.1 Å². The van der Waals surface area contributed by atoms with Crippen molar-refractivity contribution < 1.29 is 10.2 Å². The molecule has 4 N–H and O–H groups in total. The zero-order valence-corrected chi connectivity index (χ0v) is 13.3. The number of halogens is 2. The second kappa shape index (κ2) is 6.36. The summed E-state index contributed by atoms with van der Waals surface area (Å²) in [6, 6.07) is 3.17. The predicted octanol–water partition coefficient (Wildman–Crippen LogP) is 2.76. The van der Waals surface area contributed by atoms with Crippen LogP contribution in [0.2, 0.25) is 0 Å². The lowest BCUT2D eigenvalue weighted by atomic mass is 9.98. The lowest BCUT2D eigenvalue weighted by molar-refractivity contribution is 0.133. The minimum atomic E-state index is -0.607. The van der Waals surface area contributed by atoms with Gasteiger partial charge in [0.25, 0.3) is 0 Å². The van der Waals surface area contributed by atoms with E-state index in [0.717, 1.165) is 13.6 Å². The standard InChI is InChI=1S/C11H15I2NO2/c1-2-3-9(15)10(14)7-4-6(12)5-8(13)11(7)16/h4-5,9-10,15-16H,2-3,14H2,1H3/t9-,10+/m1/s1. The Balaban J connectivity index is 3.03. The Morgan fingerprint density at radius 1 is 1.38 bits per heavy atom. The Hall–Kier alpha value is 0.400. The molecule has 0 aromatic heterocycles. The molecule has 1 rings (SSSR count). The van der Waals surface area contributed by atoms with Crippen LogP contribution in [0.5, 0.6) is 5.75 Å². The van der Waals surface area contributed by atoms with E-state index < -0.39 is 12.1 Å². The van der Waals surface area contributed by atoms with Gasteiger partial charge in [-0.05, 0) is 63.7 Å². The van der Waals surface area contributed by atoms with Crippen molar-refractivity contribution in [3.63, 3.8) is 0 Å². The highest BCUT2D eigenvalue weighted by Crippen LogP contribution is 2.32. The van der Waals surface area contributed by atoms with Crippen LogP contribution in [0.1, 0.15) is 31.4 Å². The van der Waals surface area contributed by atoms with Crippen LogP contribution in [-0.4, -0.2) is 16.3 Å². The monoisotopic (exact) mass is 447 g/mol. The van der Waals surface area contributed by atoms with E-state index in [9.17, 15) is 10.2 Å². The van der Waals surface area contributed by atoms with Gasteiger partial charge in [-0.15, -0.1) is 0 Å². The van der Waals surface area contributed by atoms with E-state index in [1.807, 2.05) is 19.1 Å². The van der Waals surface area contributed by atoms with E-state index >= 15 is 0 Å². The number of hydrogen-bond donors (Lipinski definition) is 3. The Morgan fingerprint density at radius 2 is 2.00 bits per heavy atom. The molecule has 0 aliphatic heterocycles. The summed E-state index contributed by atoms with van der Waals surface area (Å²) in [5.74, 6) is 0.184. The number of hydrogen-bond acceptors (Lipinski definition) is 3. The first-order chi connectivity index (χ1) is 7.47. The molecule has 0 bridgehead atoms. The van der Waals surface area contributed by atoms with Crippen LogP contribution in [0, 0.1) is 7.14 Å². The molecule has 0 radical (unpaired) electrons. The molecule has 0 saturated carbocycles. The molecular formula is C11H15I2NO2. The molecule has 1 aromatic rings. The van der Waals surface area contributed by atoms with E-state index in [4.69, 9.17) is 5.73 Å². The summed E-state index contributed by atoms with van der Waals surface area (Å²) < 4.78 is 1.77. The summed E-state index contributed by atoms with van der Waals surface area (Å²) in [4.78, 5) is 0. The van der Waals surface area contributed by atoms with Gasteiger partial charge in [0, 0.05) is 9.13 Å². The zero-order valence-electron chi connectivity index (χ0n) is 8.95. The second-order valence-corrected chi connectivity index (χ2v) is 6.12. The minimum Gasteiger partial charge on any atom is -0.506 e. The van der Waals surface area contributed by atoms with E-state index in [0.29, 0.717) is 12.0 Å². The Bertz CT molecular complexity index is 371. The first-order valence-corrected chi connectivity index (χ1v) is 7.24. The minimum absolute atomic E-state index is 0.184. The van der Waals surface area contributed by atoms with Gasteiger partial charge in [0.1, 0.15) is 5.75 Å². The maximum atomic E-state index is 9.91. The molecule has 0 aliphatic carbocycles. The van der Waals surface area contributed by atoms with Crippen molar-refractivity contribution in [2.24, 2.45) is 5.73 Å². The van der Waals surface area contributed by atoms with Gasteiger partial charge in [-0.1, -0.05) is 13.3 Å². The van der Waals surface area contributed by atoms with Gasteiger partial charge in [0.15, 0.2) is 0 Å². The number of aliphatic hydroxyl groups excluding tert-OH is 1. The highest BCUT2D eigenvalue weighted by Gasteiger charge is 2.20. The first-order valence-electron chi connectivity index (χ1n) is 5.09. The number of nitrogens with two attached hydrogens (primary N) is 1. The SMILES string of the molecule is CCC[C@@H](O)[C@@H](N)c1cc(I)cc(I)c1O. The first kappa shape index (κ1) is 14.5. The predicted molar refractivity (Wildman–Crippen MR) is 81.4 cm³/mol. The van der Waals surface area contributed by atoms with Crippen molar-refractivity contribution in [3.05, 3.63) is 24.8 Å². The van der Waals surface area contributed by atoms with Crippen LogP contribution in [0.4, 0.5) is 0 Å². The number of aliphatic hydroxyl groups is 1.